The molecule has 1 aromatic heterocycles. The maximum atomic E-state index is 14.4. The molecule has 1 atom stereocenters. The van der Waals surface area contributed by atoms with E-state index in [0.717, 1.165) is 23.8 Å². The van der Waals surface area contributed by atoms with Crippen LogP contribution in [0.25, 0.3) is 0 Å². The Hall–Kier alpha value is -3.20. The van der Waals surface area contributed by atoms with Crippen molar-refractivity contribution in [2.45, 2.75) is 38.4 Å². The van der Waals surface area contributed by atoms with E-state index in [1.165, 1.54) is 12.1 Å². The van der Waals surface area contributed by atoms with Gasteiger partial charge in [0.25, 0.3) is 12.3 Å². The van der Waals surface area contributed by atoms with E-state index in [-0.39, 0.29) is 46.9 Å². The zero-order chi connectivity index (χ0) is 28.2. The fourth-order valence-corrected chi connectivity index (χ4v) is 4.96. The standard InChI is InChI=1S/C24H26F6N6O2S/c1-13-21(23(39-35-13)34-20-10-31-18(9-32-20)24(28,29)30)22(37)33-15-2-3-16(25)17(8-15)38-12-14-4-6-36(7-5-14)11-19(26)27/h2-3,8,10,14,18-19H,4-7,9,11-12H2,1H3,(H,32,34)(H,33,37). The summed E-state index contributed by atoms with van der Waals surface area (Å²) in [6.07, 6.45) is -4.62. The zero-order valence-corrected chi connectivity index (χ0v) is 21.6. The maximum Gasteiger partial charge on any atom is 0.412 e. The number of amides is 1. The number of hydrogen-bond acceptors (Lipinski definition) is 8. The van der Waals surface area contributed by atoms with Crippen LogP contribution in [-0.2, 0) is 0 Å². The summed E-state index contributed by atoms with van der Waals surface area (Å²) >= 11 is 0.931. The lowest BCUT2D eigenvalue weighted by atomic mass is 9.98. The number of likely N-dealkylation sites (tertiary alicyclic amines) is 1. The first-order chi connectivity index (χ1) is 18.5. The van der Waals surface area contributed by atoms with Gasteiger partial charge in [-0.15, -0.1) is 0 Å². The van der Waals surface area contributed by atoms with Crippen LogP contribution in [-0.4, -0.2) is 78.7 Å². The van der Waals surface area contributed by atoms with E-state index in [4.69, 9.17) is 4.74 Å². The number of benzene rings is 1. The molecule has 1 aromatic carbocycles. The van der Waals surface area contributed by atoms with E-state index in [1.54, 1.807) is 11.8 Å². The summed E-state index contributed by atoms with van der Waals surface area (Å²) < 4.78 is 87.7. The van der Waals surface area contributed by atoms with Gasteiger partial charge in [-0.05, 0) is 62.4 Å². The maximum absolute atomic E-state index is 14.4. The number of aryl methyl sites for hydroxylation is 1. The first-order valence-corrected chi connectivity index (χ1v) is 12.9. The van der Waals surface area contributed by atoms with Gasteiger partial charge in [0.1, 0.15) is 10.8 Å². The SMILES string of the molecule is Cc1nsc(NC2=NCC(C(F)(F)F)N=C2)c1C(=O)Nc1ccc(F)c(OCC2CCN(CC(F)F)CC2)c1. The lowest BCUT2D eigenvalue weighted by molar-refractivity contribution is -0.144. The molecule has 1 amide bonds. The van der Waals surface area contributed by atoms with Crippen molar-refractivity contribution < 1.29 is 35.9 Å². The van der Waals surface area contributed by atoms with E-state index < -0.39 is 36.9 Å². The van der Waals surface area contributed by atoms with Crippen LogP contribution in [0.3, 0.4) is 0 Å². The third kappa shape index (κ3) is 7.68. The topological polar surface area (TPSA) is 91.2 Å². The van der Waals surface area contributed by atoms with E-state index in [2.05, 4.69) is 25.0 Å². The molecule has 1 unspecified atom stereocenters. The third-order valence-corrected chi connectivity index (χ3v) is 7.14. The van der Waals surface area contributed by atoms with Gasteiger partial charge in [0.15, 0.2) is 17.6 Å². The molecule has 4 rings (SSSR count). The molecule has 39 heavy (non-hydrogen) atoms. The number of ether oxygens (including phenoxy) is 1. The Morgan fingerprint density at radius 1 is 1.26 bits per heavy atom. The Morgan fingerprint density at radius 3 is 2.64 bits per heavy atom. The van der Waals surface area contributed by atoms with Crippen LogP contribution in [0.5, 0.6) is 5.75 Å². The molecule has 0 bridgehead atoms. The molecule has 15 heteroatoms. The van der Waals surface area contributed by atoms with Crippen molar-refractivity contribution in [3.63, 3.8) is 0 Å². The molecule has 2 aliphatic rings. The van der Waals surface area contributed by atoms with Crippen molar-refractivity contribution in [3.8, 4) is 5.75 Å². The molecule has 0 radical (unpaired) electrons. The van der Waals surface area contributed by atoms with Gasteiger partial charge in [-0.3, -0.25) is 19.7 Å². The van der Waals surface area contributed by atoms with Crippen molar-refractivity contribution in [2.75, 3.05) is 43.4 Å². The number of piperidine rings is 1. The predicted molar refractivity (Wildman–Crippen MR) is 136 cm³/mol. The summed E-state index contributed by atoms with van der Waals surface area (Å²) in [5, 5.41) is 5.72. The Kier molecular flexibility index (Phi) is 9.10. The Bertz CT molecular complexity index is 1230. The van der Waals surface area contributed by atoms with E-state index in [0.29, 0.717) is 31.6 Å². The van der Waals surface area contributed by atoms with E-state index >= 15 is 0 Å². The number of carbonyl (C=O) groups is 1. The van der Waals surface area contributed by atoms with Gasteiger partial charge < -0.3 is 15.4 Å². The van der Waals surface area contributed by atoms with Gasteiger partial charge in [0.05, 0.1) is 37.2 Å². The molecular weight excluding hydrogens is 550 g/mol. The number of nitrogens with one attached hydrogen (secondary N) is 2. The normalized spacial score (nSPS) is 18.8. The number of aliphatic imine (C=N–C) groups is 2. The van der Waals surface area contributed by atoms with Crippen LogP contribution < -0.4 is 15.4 Å². The Morgan fingerprint density at radius 2 is 2.00 bits per heavy atom. The minimum absolute atomic E-state index is 0.0608. The van der Waals surface area contributed by atoms with Crippen LogP contribution >= 0.6 is 11.5 Å². The lowest BCUT2D eigenvalue weighted by Crippen LogP contribution is -2.38. The highest BCUT2D eigenvalue weighted by Crippen LogP contribution is 2.29. The van der Waals surface area contributed by atoms with Gasteiger partial charge in [-0.2, -0.15) is 17.5 Å². The monoisotopic (exact) mass is 576 g/mol. The van der Waals surface area contributed by atoms with Gasteiger partial charge in [-0.25, -0.2) is 13.2 Å². The number of nitrogens with zero attached hydrogens (tertiary/aromatic N) is 4. The molecule has 0 aliphatic carbocycles. The van der Waals surface area contributed by atoms with Crippen molar-refractivity contribution >= 4 is 40.2 Å². The number of halogens is 6. The van der Waals surface area contributed by atoms with Crippen LogP contribution in [0.1, 0.15) is 28.9 Å². The highest BCUT2D eigenvalue weighted by molar-refractivity contribution is 7.11. The second-order valence-electron chi connectivity index (χ2n) is 9.20. The first-order valence-electron chi connectivity index (χ1n) is 12.1. The fraction of sp³-hybridized carbons (Fsp3) is 0.500. The van der Waals surface area contributed by atoms with Crippen LogP contribution in [0, 0.1) is 18.7 Å². The molecule has 8 nitrogen and oxygen atoms in total. The third-order valence-electron chi connectivity index (χ3n) is 6.29. The molecular formula is C24H26F6N6O2S. The number of amidine groups is 1. The summed E-state index contributed by atoms with van der Waals surface area (Å²) in [7, 11) is 0. The molecule has 1 saturated heterocycles. The van der Waals surface area contributed by atoms with Crippen LogP contribution in [0.4, 0.5) is 37.0 Å². The highest BCUT2D eigenvalue weighted by atomic mass is 32.1. The number of anilines is 2. The quantitative estimate of drug-likeness (QED) is 0.431. The van der Waals surface area contributed by atoms with Crippen molar-refractivity contribution in [1.82, 2.24) is 9.27 Å². The van der Waals surface area contributed by atoms with Crippen LogP contribution in [0.2, 0.25) is 0 Å². The van der Waals surface area contributed by atoms with E-state index in [1.807, 2.05) is 0 Å². The van der Waals surface area contributed by atoms with E-state index in [9.17, 15) is 31.1 Å². The summed E-state index contributed by atoms with van der Waals surface area (Å²) in [4.78, 5) is 22.1. The minimum atomic E-state index is -4.50. The van der Waals surface area contributed by atoms with Crippen molar-refractivity contribution in [2.24, 2.45) is 15.9 Å². The Labute approximate surface area is 224 Å². The molecule has 3 heterocycles. The molecule has 0 saturated carbocycles. The van der Waals surface area contributed by atoms with Crippen LogP contribution in [0.15, 0.2) is 28.2 Å². The summed E-state index contributed by atoms with van der Waals surface area (Å²) in [5.74, 6) is -1.11. The predicted octanol–water partition coefficient (Wildman–Crippen LogP) is 5.02. The Balaban J connectivity index is 1.36. The second kappa shape index (κ2) is 12.3. The number of carbonyl (C=O) groups excluding carboxylic acids is 1. The highest BCUT2D eigenvalue weighted by Gasteiger charge is 2.40. The van der Waals surface area contributed by atoms with Crippen molar-refractivity contribution in [3.05, 3.63) is 35.3 Å². The first kappa shape index (κ1) is 28.8. The lowest BCUT2D eigenvalue weighted by Gasteiger charge is -2.31. The van der Waals surface area contributed by atoms with Gasteiger partial charge in [0, 0.05) is 11.8 Å². The average molecular weight is 577 g/mol. The van der Waals surface area contributed by atoms with Gasteiger partial charge in [0.2, 0.25) is 0 Å². The number of rotatable bonds is 8. The molecule has 2 aliphatic heterocycles. The molecule has 2 N–H and O–H groups in total. The average Bonchev–Trinajstić information content (AvgIpc) is 3.24. The summed E-state index contributed by atoms with van der Waals surface area (Å²) in [6, 6.07) is 1.94. The van der Waals surface area contributed by atoms with Gasteiger partial charge >= 0.3 is 6.18 Å². The molecule has 212 valence electrons. The number of hydrogen-bond donors (Lipinski definition) is 2. The number of alkyl halides is 5. The minimum Gasteiger partial charge on any atom is -0.490 e. The summed E-state index contributed by atoms with van der Waals surface area (Å²) in [5.41, 5.74) is 0.777. The molecule has 0 spiro atoms. The van der Waals surface area contributed by atoms with Crippen molar-refractivity contribution in [1.29, 1.82) is 0 Å². The van der Waals surface area contributed by atoms with Gasteiger partial charge in [-0.1, -0.05) is 0 Å². The molecule has 2 aromatic rings. The smallest absolute Gasteiger partial charge is 0.412 e. The number of aromatic nitrogens is 1. The largest absolute Gasteiger partial charge is 0.490 e. The molecule has 1 fully saturated rings. The summed E-state index contributed by atoms with van der Waals surface area (Å²) in [6.45, 7) is 2.00. The zero-order valence-electron chi connectivity index (χ0n) is 20.8. The fourth-order valence-electron chi connectivity index (χ4n) is 4.16. The second-order valence-corrected chi connectivity index (χ2v) is 9.98.